The van der Waals surface area contributed by atoms with Crippen LogP contribution in [0.1, 0.15) is 11.3 Å². The Kier molecular flexibility index (Phi) is 3.58. The van der Waals surface area contributed by atoms with E-state index in [0.717, 1.165) is 22.5 Å². The van der Waals surface area contributed by atoms with E-state index in [1.807, 2.05) is 13.0 Å². The van der Waals surface area contributed by atoms with Gasteiger partial charge in [0.25, 0.3) is 0 Å². The summed E-state index contributed by atoms with van der Waals surface area (Å²) in [5, 5.41) is 1.17. The lowest BCUT2D eigenvalue weighted by Gasteiger charge is -2.02. The molecule has 19 heavy (non-hydrogen) atoms. The van der Waals surface area contributed by atoms with Crippen LogP contribution in [0.3, 0.4) is 0 Å². The van der Waals surface area contributed by atoms with Crippen LogP contribution >= 0.6 is 12.4 Å². The van der Waals surface area contributed by atoms with E-state index in [0.29, 0.717) is 0 Å². The summed E-state index contributed by atoms with van der Waals surface area (Å²) >= 11 is 0. The number of halogens is 2. The van der Waals surface area contributed by atoms with Gasteiger partial charge in [0.1, 0.15) is 5.82 Å². The zero-order valence-corrected chi connectivity index (χ0v) is 11.5. The summed E-state index contributed by atoms with van der Waals surface area (Å²) in [4.78, 5) is 7.76. The largest absolute Gasteiger partial charge is 0.357 e. The summed E-state index contributed by atoms with van der Waals surface area (Å²) in [5.41, 5.74) is 5.17. The molecule has 2 aromatic heterocycles. The number of rotatable bonds is 1. The minimum Gasteiger partial charge on any atom is -0.357 e. The molecule has 1 N–H and O–H groups in total. The van der Waals surface area contributed by atoms with E-state index in [1.54, 1.807) is 18.3 Å². The monoisotopic (exact) mass is 276 g/mol. The van der Waals surface area contributed by atoms with E-state index in [2.05, 4.69) is 16.9 Å². The summed E-state index contributed by atoms with van der Waals surface area (Å²) in [6.45, 7) is 4.13. The third-order valence-electron chi connectivity index (χ3n) is 3.35. The molecule has 0 aliphatic rings. The molecule has 98 valence electrons. The highest BCUT2D eigenvalue weighted by Gasteiger charge is 2.10. The highest BCUT2D eigenvalue weighted by molar-refractivity contribution is 5.94. The standard InChI is InChI=1S/C15H13FN2.ClH/c1-9-10(2)18-15-13(9)7-8-17-14(15)11-3-5-12(16)6-4-11;/h3-8,18H,1-2H3;1H. The fourth-order valence-corrected chi connectivity index (χ4v) is 2.21. The van der Waals surface area contributed by atoms with Gasteiger partial charge in [-0.2, -0.15) is 0 Å². The minimum atomic E-state index is -0.232. The van der Waals surface area contributed by atoms with Crippen LogP contribution in [0.4, 0.5) is 4.39 Å². The number of hydrogen-bond acceptors (Lipinski definition) is 1. The predicted octanol–water partition coefficient (Wildman–Crippen LogP) is 4.41. The van der Waals surface area contributed by atoms with Crippen LogP contribution < -0.4 is 0 Å². The van der Waals surface area contributed by atoms with Gasteiger partial charge >= 0.3 is 0 Å². The number of nitrogens with zero attached hydrogens (tertiary/aromatic N) is 1. The third kappa shape index (κ3) is 2.22. The smallest absolute Gasteiger partial charge is 0.123 e. The van der Waals surface area contributed by atoms with Crippen LogP contribution in [-0.4, -0.2) is 9.97 Å². The first kappa shape index (κ1) is 13.6. The highest BCUT2D eigenvalue weighted by atomic mass is 35.5. The van der Waals surface area contributed by atoms with E-state index in [1.165, 1.54) is 23.1 Å². The predicted molar refractivity (Wildman–Crippen MR) is 78.2 cm³/mol. The molecule has 0 spiro atoms. The van der Waals surface area contributed by atoms with Crippen LogP contribution in [0.5, 0.6) is 0 Å². The maximum Gasteiger partial charge on any atom is 0.123 e. The number of aromatic amines is 1. The van der Waals surface area contributed by atoms with Crippen molar-refractivity contribution in [1.82, 2.24) is 9.97 Å². The summed E-state index contributed by atoms with van der Waals surface area (Å²) in [5.74, 6) is -0.232. The van der Waals surface area contributed by atoms with Gasteiger partial charge in [-0.1, -0.05) is 0 Å². The van der Waals surface area contributed by atoms with Gasteiger partial charge in [0, 0.05) is 22.8 Å². The van der Waals surface area contributed by atoms with Crippen LogP contribution in [0.15, 0.2) is 36.5 Å². The lowest BCUT2D eigenvalue weighted by molar-refractivity contribution is 0.628. The zero-order chi connectivity index (χ0) is 12.7. The van der Waals surface area contributed by atoms with Gasteiger partial charge in [-0.05, 0) is 49.7 Å². The molecule has 2 heterocycles. The Bertz CT molecular complexity index is 717. The molecule has 0 bridgehead atoms. The van der Waals surface area contributed by atoms with Gasteiger partial charge in [-0.25, -0.2) is 4.39 Å². The van der Waals surface area contributed by atoms with Crippen molar-refractivity contribution in [2.75, 3.05) is 0 Å². The summed E-state index contributed by atoms with van der Waals surface area (Å²) in [7, 11) is 0. The van der Waals surface area contributed by atoms with Crippen molar-refractivity contribution >= 4 is 23.3 Å². The molecule has 0 amide bonds. The molecule has 0 atom stereocenters. The SMILES string of the molecule is Cc1[nH]c2c(-c3ccc(F)cc3)nccc2c1C.Cl. The fourth-order valence-electron chi connectivity index (χ4n) is 2.21. The molecular formula is C15H14ClFN2. The number of fused-ring (bicyclic) bond motifs is 1. The van der Waals surface area contributed by atoms with Gasteiger partial charge in [-0.15, -0.1) is 12.4 Å². The quantitative estimate of drug-likeness (QED) is 0.701. The van der Waals surface area contributed by atoms with Crippen molar-refractivity contribution in [3.8, 4) is 11.3 Å². The summed E-state index contributed by atoms with van der Waals surface area (Å²) < 4.78 is 13.0. The van der Waals surface area contributed by atoms with Crippen LogP contribution in [-0.2, 0) is 0 Å². The van der Waals surface area contributed by atoms with E-state index in [-0.39, 0.29) is 18.2 Å². The molecule has 3 rings (SSSR count). The van der Waals surface area contributed by atoms with E-state index < -0.39 is 0 Å². The molecule has 2 nitrogen and oxygen atoms in total. The Morgan fingerprint density at radius 3 is 2.42 bits per heavy atom. The van der Waals surface area contributed by atoms with Crippen molar-refractivity contribution in [3.63, 3.8) is 0 Å². The average Bonchev–Trinajstić information content (AvgIpc) is 2.67. The Hall–Kier alpha value is -1.87. The van der Waals surface area contributed by atoms with Gasteiger partial charge in [0.15, 0.2) is 0 Å². The Morgan fingerprint density at radius 2 is 1.74 bits per heavy atom. The summed E-state index contributed by atoms with van der Waals surface area (Å²) in [6, 6.07) is 8.42. The number of aromatic nitrogens is 2. The van der Waals surface area contributed by atoms with Crippen molar-refractivity contribution < 1.29 is 4.39 Å². The Balaban J connectivity index is 0.00000133. The maximum atomic E-state index is 13.0. The van der Waals surface area contributed by atoms with E-state index >= 15 is 0 Å². The third-order valence-corrected chi connectivity index (χ3v) is 3.35. The average molecular weight is 277 g/mol. The molecule has 0 radical (unpaired) electrons. The second-order valence-electron chi connectivity index (χ2n) is 4.46. The fraction of sp³-hybridized carbons (Fsp3) is 0.133. The molecule has 0 unspecified atom stereocenters. The van der Waals surface area contributed by atoms with Crippen molar-refractivity contribution in [3.05, 3.63) is 53.6 Å². The molecule has 0 saturated carbocycles. The molecule has 0 aliphatic heterocycles. The van der Waals surface area contributed by atoms with Gasteiger partial charge in [0.05, 0.1) is 11.2 Å². The first-order valence-electron chi connectivity index (χ1n) is 5.86. The molecular weight excluding hydrogens is 263 g/mol. The molecule has 0 aliphatic carbocycles. The second kappa shape index (κ2) is 5.02. The number of nitrogens with one attached hydrogen (secondary N) is 1. The van der Waals surface area contributed by atoms with Gasteiger partial charge < -0.3 is 4.98 Å². The van der Waals surface area contributed by atoms with Gasteiger partial charge in [-0.3, -0.25) is 4.98 Å². The topological polar surface area (TPSA) is 28.7 Å². The molecule has 1 aromatic carbocycles. The lowest BCUT2D eigenvalue weighted by atomic mass is 10.1. The molecule has 4 heteroatoms. The van der Waals surface area contributed by atoms with Crippen LogP contribution in [0, 0.1) is 19.7 Å². The number of hydrogen-bond donors (Lipinski definition) is 1. The van der Waals surface area contributed by atoms with Crippen molar-refractivity contribution in [2.45, 2.75) is 13.8 Å². The first-order valence-corrected chi connectivity index (χ1v) is 5.86. The lowest BCUT2D eigenvalue weighted by Crippen LogP contribution is -1.85. The normalized spacial score (nSPS) is 10.5. The molecule has 0 fully saturated rings. The zero-order valence-electron chi connectivity index (χ0n) is 10.7. The number of benzene rings is 1. The Labute approximate surface area is 117 Å². The number of pyridine rings is 1. The van der Waals surface area contributed by atoms with E-state index in [4.69, 9.17) is 0 Å². The second-order valence-corrected chi connectivity index (χ2v) is 4.46. The number of aryl methyl sites for hydroxylation is 2. The van der Waals surface area contributed by atoms with E-state index in [9.17, 15) is 4.39 Å². The maximum absolute atomic E-state index is 13.0. The van der Waals surface area contributed by atoms with Crippen molar-refractivity contribution in [1.29, 1.82) is 0 Å². The minimum absolute atomic E-state index is 0. The molecule has 0 saturated heterocycles. The van der Waals surface area contributed by atoms with Crippen molar-refractivity contribution in [2.24, 2.45) is 0 Å². The van der Waals surface area contributed by atoms with Gasteiger partial charge in [0.2, 0.25) is 0 Å². The van der Waals surface area contributed by atoms with Crippen LogP contribution in [0.2, 0.25) is 0 Å². The highest BCUT2D eigenvalue weighted by Crippen LogP contribution is 2.29. The number of H-pyrrole nitrogens is 1. The Morgan fingerprint density at radius 1 is 1.05 bits per heavy atom. The molecule has 3 aromatic rings. The summed E-state index contributed by atoms with van der Waals surface area (Å²) in [6.07, 6.45) is 1.79. The first-order chi connectivity index (χ1) is 8.66. The van der Waals surface area contributed by atoms with Crippen LogP contribution in [0.25, 0.3) is 22.2 Å².